The summed E-state index contributed by atoms with van der Waals surface area (Å²) in [5, 5.41) is 23.4. The fraction of sp³-hybridized carbons (Fsp3) is 0.667. The van der Waals surface area contributed by atoms with E-state index in [0.717, 1.165) is 11.8 Å². The number of thioether (sulfide) groups is 1. The number of oxime groups is 1. The highest BCUT2D eigenvalue weighted by molar-refractivity contribution is 8.04. The average Bonchev–Trinajstić information content (AvgIpc) is 2.44. The number of rotatable bonds is 2. The molecule has 78 valence electrons. The predicted molar refractivity (Wildman–Crippen MR) is 56.4 cm³/mol. The number of nitriles is 1. The number of alkyl halides is 3. The number of aliphatic hydroxyl groups is 1. The second-order valence-electron chi connectivity index (χ2n) is 2.59. The molecule has 0 saturated carbocycles. The van der Waals surface area contributed by atoms with Crippen LogP contribution in [0.3, 0.4) is 0 Å². The highest BCUT2D eigenvalue weighted by atomic mass is 35.6. The zero-order valence-corrected chi connectivity index (χ0v) is 9.79. The monoisotopic (exact) mass is 274 g/mol. The molecule has 0 aromatic heterocycles. The quantitative estimate of drug-likeness (QED) is 0.618. The summed E-state index contributed by atoms with van der Waals surface area (Å²) in [7, 11) is 0. The molecule has 4 nitrogen and oxygen atoms in total. The Kier molecular flexibility index (Phi) is 3.78. The van der Waals surface area contributed by atoms with E-state index in [2.05, 4.69) is 9.99 Å². The minimum absolute atomic E-state index is 0.0157. The number of nitrogens with zero attached hydrogens (tertiary/aromatic N) is 2. The van der Waals surface area contributed by atoms with E-state index in [9.17, 15) is 5.11 Å². The summed E-state index contributed by atoms with van der Waals surface area (Å²) >= 11 is 17.4. The van der Waals surface area contributed by atoms with E-state index in [1.54, 1.807) is 0 Å². The van der Waals surface area contributed by atoms with Crippen LogP contribution < -0.4 is 0 Å². The van der Waals surface area contributed by atoms with E-state index >= 15 is 0 Å². The van der Waals surface area contributed by atoms with Crippen LogP contribution in [0.1, 0.15) is 6.42 Å². The van der Waals surface area contributed by atoms with Crippen molar-refractivity contribution in [1.82, 2.24) is 0 Å². The number of halogens is 3. The first-order valence-corrected chi connectivity index (χ1v) is 5.55. The van der Waals surface area contributed by atoms with Gasteiger partial charge in [0.05, 0.1) is 12.1 Å². The maximum atomic E-state index is 9.67. The average molecular weight is 276 g/mol. The fourth-order valence-electron chi connectivity index (χ4n) is 0.826. The fourth-order valence-corrected chi connectivity index (χ4v) is 1.52. The zero-order chi connectivity index (χ0) is 10.8. The van der Waals surface area contributed by atoms with Gasteiger partial charge in [-0.2, -0.15) is 5.26 Å². The van der Waals surface area contributed by atoms with Gasteiger partial charge in [0, 0.05) is 5.75 Å². The van der Waals surface area contributed by atoms with Gasteiger partial charge in [0.15, 0.2) is 0 Å². The summed E-state index contributed by atoms with van der Waals surface area (Å²) in [6.07, 6.45) is -0.0157. The molecule has 8 heteroatoms. The van der Waals surface area contributed by atoms with Crippen LogP contribution >= 0.6 is 46.6 Å². The molecule has 14 heavy (non-hydrogen) atoms. The minimum atomic E-state index is -1.96. The first-order valence-electron chi connectivity index (χ1n) is 3.43. The second-order valence-corrected chi connectivity index (χ2v) is 5.63. The topological polar surface area (TPSA) is 65.6 Å². The number of thiocyanates is 1. The van der Waals surface area contributed by atoms with Crippen molar-refractivity contribution in [2.45, 2.75) is 16.0 Å². The van der Waals surface area contributed by atoms with Gasteiger partial charge < -0.3 is 9.94 Å². The Bertz CT molecular complexity index is 298. The van der Waals surface area contributed by atoms with Gasteiger partial charge in [0.2, 0.25) is 0 Å². The Balaban J connectivity index is 2.58. The minimum Gasteiger partial charge on any atom is -0.355 e. The maximum Gasteiger partial charge on any atom is 0.287 e. The Labute approximate surface area is 99.7 Å². The Morgan fingerprint density at radius 2 is 2.36 bits per heavy atom. The van der Waals surface area contributed by atoms with E-state index in [1.807, 2.05) is 5.40 Å². The predicted octanol–water partition coefficient (Wildman–Crippen LogP) is 2.04. The van der Waals surface area contributed by atoms with Crippen LogP contribution in [0.5, 0.6) is 0 Å². The summed E-state index contributed by atoms with van der Waals surface area (Å²) in [6, 6.07) is 0. The normalized spacial score (nSPS) is 26.6. The molecule has 0 radical (unpaired) electrons. The molecule has 1 heterocycles. The van der Waals surface area contributed by atoms with Crippen LogP contribution in [0.4, 0.5) is 0 Å². The lowest BCUT2D eigenvalue weighted by atomic mass is 10.2. The summed E-state index contributed by atoms with van der Waals surface area (Å²) in [5.41, 5.74) is 0.477. The van der Waals surface area contributed by atoms with Crippen molar-refractivity contribution < 1.29 is 9.94 Å². The molecule has 0 saturated heterocycles. The SMILES string of the molecule is N#CSCC1=NO[C@](O)(C(Cl)(Cl)Cl)C1. The molecule has 0 bridgehead atoms. The van der Waals surface area contributed by atoms with E-state index in [1.165, 1.54) is 0 Å². The third-order valence-electron chi connectivity index (χ3n) is 1.52. The molecule has 0 aromatic rings. The van der Waals surface area contributed by atoms with Crippen molar-refractivity contribution in [2.24, 2.45) is 5.16 Å². The molecule has 0 aromatic carbocycles. The van der Waals surface area contributed by atoms with Gasteiger partial charge in [0.25, 0.3) is 9.58 Å². The Hall–Kier alpha value is 0.140. The van der Waals surface area contributed by atoms with E-state index in [4.69, 9.17) is 40.1 Å². The van der Waals surface area contributed by atoms with Crippen molar-refractivity contribution in [3.05, 3.63) is 0 Å². The molecular formula is C6H5Cl3N2O2S. The van der Waals surface area contributed by atoms with Gasteiger partial charge in [-0.05, 0) is 11.8 Å². The first kappa shape index (κ1) is 12.2. The van der Waals surface area contributed by atoms with Gasteiger partial charge in [-0.1, -0.05) is 40.0 Å². The smallest absolute Gasteiger partial charge is 0.287 e. The van der Waals surface area contributed by atoms with E-state index in [0.29, 0.717) is 11.5 Å². The van der Waals surface area contributed by atoms with Crippen LogP contribution in [0.2, 0.25) is 0 Å². The number of hydrogen-bond donors (Lipinski definition) is 1. The molecule has 1 N–H and O–H groups in total. The number of hydrogen-bond acceptors (Lipinski definition) is 5. The van der Waals surface area contributed by atoms with Crippen molar-refractivity contribution in [3.8, 4) is 5.40 Å². The van der Waals surface area contributed by atoms with Crippen molar-refractivity contribution >= 4 is 52.3 Å². The van der Waals surface area contributed by atoms with E-state index in [-0.39, 0.29) is 6.42 Å². The van der Waals surface area contributed by atoms with Gasteiger partial charge in [-0.3, -0.25) is 0 Å². The molecule has 0 spiro atoms. The molecule has 0 fully saturated rings. The van der Waals surface area contributed by atoms with Crippen molar-refractivity contribution in [1.29, 1.82) is 5.26 Å². The summed E-state index contributed by atoms with van der Waals surface area (Å²) in [6.45, 7) is 0. The molecule has 0 unspecified atom stereocenters. The molecule has 0 amide bonds. The van der Waals surface area contributed by atoms with Gasteiger partial charge in [-0.25, -0.2) is 0 Å². The molecule has 0 aliphatic carbocycles. The lowest BCUT2D eigenvalue weighted by Crippen LogP contribution is -2.43. The van der Waals surface area contributed by atoms with Crippen molar-refractivity contribution in [3.63, 3.8) is 0 Å². The van der Waals surface area contributed by atoms with Crippen LogP contribution in [0.25, 0.3) is 0 Å². The summed E-state index contributed by atoms with van der Waals surface area (Å²) < 4.78 is -1.96. The van der Waals surface area contributed by atoms with Crippen LogP contribution in [0, 0.1) is 10.7 Å². The molecular weight excluding hydrogens is 271 g/mol. The van der Waals surface area contributed by atoms with Crippen molar-refractivity contribution in [2.75, 3.05) is 5.75 Å². The Morgan fingerprint density at radius 3 is 2.79 bits per heavy atom. The van der Waals surface area contributed by atoms with Gasteiger partial charge in [-0.15, -0.1) is 0 Å². The summed E-state index contributed by atoms with van der Waals surface area (Å²) in [4.78, 5) is 4.64. The molecule has 1 rings (SSSR count). The largest absolute Gasteiger partial charge is 0.355 e. The molecule has 1 atom stereocenters. The van der Waals surface area contributed by atoms with Crippen LogP contribution in [0.15, 0.2) is 5.16 Å². The molecule has 1 aliphatic heterocycles. The standard InChI is InChI=1S/C6H5Cl3N2O2S/c7-6(8,9)5(12)1-4(11-13-5)2-14-3-10/h12H,1-2H2/t5-/m0/s1. The van der Waals surface area contributed by atoms with Crippen LogP contribution in [-0.4, -0.2) is 26.2 Å². The third kappa shape index (κ3) is 2.59. The first-order chi connectivity index (χ1) is 6.39. The Morgan fingerprint density at radius 1 is 1.71 bits per heavy atom. The van der Waals surface area contributed by atoms with Crippen LogP contribution in [-0.2, 0) is 4.84 Å². The highest BCUT2D eigenvalue weighted by Crippen LogP contribution is 2.43. The second kappa shape index (κ2) is 4.33. The lowest BCUT2D eigenvalue weighted by molar-refractivity contribution is -0.181. The van der Waals surface area contributed by atoms with Gasteiger partial charge >= 0.3 is 0 Å². The van der Waals surface area contributed by atoms with Gasteiger partial charge in [0.1, 0.15) is 5.40 Å². The summed E-state index contributed by atoms with van der Waals surface area (Å²) in [5.74, 6) is -1.61. The lowest BCUT2D eigenvalue weighted by Gasteiger charge is -2.26. The highest BCUT2D eigenvalue weighted by Gasteiger charge is 2.54. The maximum absolute atomic E-state index is 9.67. The zero-order valence-electron chi connectivity index (χ0n) is 6.71. The third-order valence-corrected chi connectivity index (χ3v) is 3.01. The van der Waals surface area contributed by atoms with E-state index < -0.39 is 9.58 Å². The molecule has 1 aliphatic rings.